The lowest BCUT2D eigenvalue weighted by Crippen LogP contribution is -2.37. The van der Waals surface area contributed by atoms with E-state index in [-0.39, 0.29) is 17.3 Å². The van der Waals surface area contributed by atoms with Crippen molar-refractivity contribution in [1.82, 2.24) is 0 Å². The molecule has 0 saturated carbocycles. The normalized spacial score (nSPS) is 26.6. The minimum Gasteiger partial charge on any atom is -0.377 e. The van der Waals surface area contributed by atoms with Crippen LogP contribution >= 0.6 is 0 Å². The van der Waals surface area contributed by atoms with Gasteiger partial charge in [-0.05, 0) is 24.7 Å². The summed E-state index contributed by atoms with van der Waals surface area (Å²) in [4.78, 5) is 0. The topological polar surface area (TPSA) is 69.4 Å². The van der Waals surface area contributed by atoms with Crippen LogP contribution in [0.15, 0.2) is 0 Å². The Labute approximate surface area is 85.9 Å². The van der Waals surface area contributed by atoms with Crippen LogP contribution in [0, 0.1) is 5.41 Å². The fourth-order valence-corrected chi connectivity index (χ4v) is 3.11. The van der Waals surface area contributed by atoms with Crippen LogP contribution in [0.4, 0.5) is 0 Å². The minimum atomic E-state index is -3.42. The summed E-state index contributed by atoms with van der Waals surface area (Å²) in [5, 5.41) is 5.04. The Morgan fingerprint density at radius 3 is 2.43 bits per heavy atom. The van der Waals surface area contributed by atoms with Gasteiger partial charge in [0.1, 0.15) is 0 Å². The number of ether oxygens (including phenoxy) is 1. The fourth-order valence-electron chi connectivity index (χ4n) is 2.24. The highest BCUT2D eigenvalue weighted by Gasteiger charge is 2.42. The average Bonchev–Trinajstić information content (AvgIpc) is 2.46. The smallest absolute Gasteiger partial charge is 0.211 e. The molecule has 2 N–H and O–H groups in total. The van der Waals surface area contributed by atoms with E-state index in [0.29, 0.717) is 6.61 Å². The predicted octanol–water partition coefficient (Wildman–Crippen LogP) is 0.870. The Bertz CT molecular complexity index is 282. The monoisotopic (exact) mass is 221 g/mol. The van der Waals surface area contributed by atoms with Gasteiger partial charge in [0.05, 0.1) is 11.9 Å². The van der Waals surface area contributed by atoms with E-state index in [2.05, 4.69) is 13.8 Å². The molecular formula is C9H19NO3S. The zero-order valence-electron chi connectivity index (χ0n) is 8.82. The highest BCUT2D eigenvalue weighted by Crippen LogP contribution is 2.41. The first-order valence-corrected chi connectivity index (χ1v) is 6.77. The molecule has 1 fully saturated rings. The third-order valence-electron chi connectivity index (χ3n) is 3.39. The van der Waals surface area contributed by atoms with Crippen LogP contribution in [0.25, 0.3) is 0 Å². The van der Waals surface area contributed by atoms with Crippen LogP contribution in [0.1, 0.15) is 33.1 Å². The van der Waals surface area contributed by atoms with Crippen molar-refractivity contribution in [3.63, 3.8) is 0 Å². The van der Waals surface area contributed by atoms with Gasteiger partial charge in [0.25, 0.3) is 0 Å². The summed E-state index contributed by atoms with van der Waals surface area (Å²) >= 11 is 0. The van der Waals surface area contributed by atoms with Crippen molar-refractivity contribution in [1.29, 1.82) is 0 Å². The zero-order valence-corrected chi connectivity index (χ0v) is 9.64. The van der Waals surface area contributed by atoms with E-state index in [1.165, 1.54) is 0 Å². The molecular weight excluding hydrogens is 202 g/mol. The molecule has 1 aliphatic rings. The maximum atomic E-state index is 11.0. The average molecular weight is 221 g/mol. The van der Waals surface area contributed by atoms with Gasteiger partial charge in [0.15, 0.2) is 0 Å². The summed E-state index contributed by atoms with van der Waals surface area (Å²) < 4.78 is 27.5. The van der Waals surface area contributed by atoms with Crippen LogP contribution < -0.4 is 5.14 Å². The Morgan fingerprint density at radius 1 is 1.43 bits per heavy atom. The maximum absolute atomic E-state index is 11.0. The summed E-state index contributed by atoms with van der Waals surface area (Å²) in [6.45, 7) is 4.81. The van der Waals surface area contributed by atoms with E-state index in [1.54, 1.807) is 0 Å². The summed E-state index contributed by atoms with van der Waals surface area (Å²) in [6, 6.07) is 0. The molecule has 14 heavy (non-hydrogen) atoms. The summed E-state index contributed by atoms with van der Waals surface area (Å²) in [5.41, 5.74) is 0.0203. The first-order valence-electron chi connectivity index (χ1n) is 5.05. The molecule has 0 aromatic carbocycles. The second-order valence-electron chi connectivity index (χ2n) is 4.01. The van der Waals surface area contributed by atoms with E-state index in [1.807, 2.05) is 0 Å². The molecule has 0 aromatic heterocycles. The Balaban J connectivity index is 2.77. The Kier molecular flexibility index (Phi) is 3.55. The molecule has 5 heteroatoms. The zero-order chi connectivity index (χ0) is 10.8. The van der Waals surface area contributed by atoms with Crippen LogP contribution in [0.3, 0.4) is 0 Å². The van der Waals surface area contributed by atoms with Gasteiger partial charge in [-0.1, -0.05) is 13.8 Å². The van der Waals surface area contributed by atoms with Crippen molar-refractivity contribution in [2.45, 2.75) is 39.2 Å². The van der Waals surface area contributed by atoms with Crippen LogP contribution in [0.2, 0.25) is 0 Å². The standard InChI is InChI=1S/C9H19NO3S/c1-3-9(4-2)5-6-13-8(9)7-14(10,11)12/h8H,3-7H2,1-2H3,(H2,10,11,12). The first-order chi connectivity index (χ1) is 6.43. The number of hydrogen-bond acceptors (Lipinski definition) is 3. The van der Waals surface area contributed by atoms with Gasteiger partial charge in [0, 0.05) is 6.61 Å². The van der Waals surface area contributed by atoms with E-state index in [4.69, 9.17) is 9.88 Å². The van der Waals surface area contributed by atoms with Gasteiger partial charge in [-0.25, -0.2) is 13.6 Å². The highest BCUT2D eigenvalue weighted by molar-refractivity contribution is 7.89. The van der Waals surface area contributed by atoms with Gasteiger partial charge in [-0.2, -0.15) is 0 Å². The molecule has 84 valence electrons. The largest absolute Gasteiger partial charge is 0.377 e. The Hall–Kier alpha value is -0.130. The number of nitrogens with two attached hydrogens (primary N) is 1. The van der Waals surface area contributed by atoms with Crippen LogP contribution in [0.5, 0.6) is 0 Å². The second kappa shape index (κ2) is 4.16. The molecule has 0 spiro atoms. The number of rotatable bonds is 4. The number of primary sulfonamides is 1. The van der Waals surface area contributed by atoms with E-state index >= 15 is 0 Å². The molecule has 1 rings (SSSR count). The SMILES string of the molecule is CCC1(CC)CCOC1CS(N)(=O)=O. The molecule has 0 aromatic rings. The summed E-state index contributed by atoms with van der Waals surface area (Å²) in [6.07, 6.45) is 2.63. The maximum Gasteiger partial charge on any atom is 0.211 e. The molecule has 1 aliphatic heterocycles. The minimum absolute atomic E-state index is 0.0203. The van der Waals surface area contributed by atoms with Gasteiger partial charge in [0.2, 0.25) is 10.0 Å². The quantitative estimate of drug-likeness (QED) is 0.765. The van der Waals surface area contributed by atoms with Crippen molar-refractivity contribution in [3.8, 4) is 0 Å². The van der Waals surface area contributed by atoms with Crippen LogP contribution in [-0.2, 0) is 14.8 Å². The van der Waals surface area contributed by atoms with Crippen LogP contribution in [-0.4, -0.2) is 26.9 Å². The van der Waals surface area contributed by atoms with Gasteiger partial charge in [-0.3, -0.25) is 0 Å². The van der Waals surface area contributed by atoms with E-state index < -0.39 is 10.0 Å². The molecule has 1 saturated heterocycles. The van der Waals surface area contributed by atoms with Gasteiger partial charge in [-0.15, -0.1) is 0 Å². The summed E-state index contributed by atoms with van der Waals surface area (Å²) in [7, 11) is -3.42. The van der Waals surface area contributed by atoms with Crippen molar-refractivity contribution >= 4 is 10.0 Å². The lowest BCUT2D eigenvalue weighted by atomic mass is 9.77. The van der Waals surface area contributed by atoms with Crippen molar-refractivity contribution in [2.75, 3.05) is 12.4 Å². The van der Waals surface area contributed by atoms with Crippen molar-refractivity contribution < 1.29 is 13.2 Å². The lowest BCUT2D eigenvalue weighted by Gasteiger charge is -2.31. The third-order valence-corrected chi connectivity index (χ3v) is 4.16. The molecule has 0 amide bonds. The molecule has 1 unspecified atom stereocenters. The molecule has 1 heterocycles. The van der Waals surface area contributed by atoms with Gasteiger partial charge < -0.3 is 4.74 Å². The van der Waals surface area contributed by atoms with E-state index in [0.717, 1.165) is 19.3 Å². The van der Waals surface area contributed by atoms with E-state index in [9.17, 15) is 8.42 Å². The molecule has 0 aliphatic carbocycles. The molecule has 0 bridgehead atoms. The molecule has 4 nitrogen and oxygen atoms in total. The number of sulfonamides is 1. The Morgan fingerprint density at radius 2 is 2.00 bits per heavy atom. The summed E-state index contributed by atoms with van der Waals surface area (Å²) in [5.74, 6) is -0.0469. The van der Waals surface area contributed by atoms with Crippen molar-refractivity contribution in [2.24, 2.45) is 10.6 Å². The lowest BCUT2D eigenvalue weighted by molar-refractivity contribution is 0.0616. The highest BCUT2D eigenvalue weighted by atomic mass is 32.2. The molecule has 0 radical (unpaired) electrons. The fraction of sp³-hybridized carbons (Fsp3) is 1.00. The third kappa shape index (κ3) is 2.46. The molecule has 1 atom stereocenters. The first kappa shape index (κ1) is 11.9. The second-order valence-corrected chi connectivity index (χ2v) is 5.67. The van der Waals surface area contributed by atoms with Crippen molar-refractivity contribution in [3.05, 3.63) is 0 Å². The van der Waals surface area contributed by atoms with Gasteiger partial charge >= 0.3 is 0 Å². The predicted molar refractivity (Wildman–Crippen MR) is 55.3 cm³/mol. The number of hydrogen-bond donors (Lipinski definition) is 1.